The van der Waals surface area contributed by atoms with Crippen molar-refractivity contribution in [2.45, 2.75) is 149 Å². The molecule has 7 atom stereocenters. The highest BCUT2D eigenvalue weighted by atomic mass is 16.4. The van der Waals surface area contributed by atoms with Crippen molar-refractivity contribution in [3.63, 3.8) is 0 Å². The Morgan fingerprint density at radius 2 is 0.900 bits per heavy atom. The zero-order valence-electron chi connectivity index (χ0n) is 31.1. The van der Waals surface area contributed by atoms with Gasteiger partial charge < -0.3 is 54.0 Å². The summed E-state index contributed by atoms with van der Waals surface area (Å²) in [6.45, 7) is 13.2. The van der Waals surface area contributed by atoms with Crippen molar-refractivity contribution in [3.8, 4) is 0 Å². The van der Waals surface area contributed by atoms with Crippen molar-refractivity contribution in [3.05, 3.63) is 0 Å². The van der Waals surface area contributed by atoms with Gasteiger partial charge in [0.25, 0.3) is 0 Å². The maximum Gasteiger partial charge on any atom is 0.326 e. The molecule has 0 saturated heterocycles. The van der Waals surface area contributed by atoms with Crippen LogP contribution in [-0.4, -0.2) is 101 Å². The number of nitrogens with two attached hydrogens (primary N) is 3. The molecule has 0 radical (unpaired) electrons. The maximum absolute atomic E-state index is 13.6. The Balaban J connectivity index is 6.10. The molecule has 16 heteroatoms. The van der Waals surface area contributed by atoms with Gasteiger partial charge in [-0.15, -0.1) is 0 Å². The van der Waals surface area contributed by atoms with E-state index in [-0.39, 0.29) is 43.4 Å². The molecule has 0 aromatic rings. The van der Waals surface area contributed by atoms with Crippen LogP contribution in [0.25, 0.3) is 0 Å². The normalized spacial score (nSPS) is 15.7. The number of carbonyl (C=O) groups excluding carboxylic acids is 5. The number of hydrogen-bond acceptors (Lipinski definition) is 10. The molecule has 0 aromatic heterocycles. The average Bonchev–Trinajstić information content (AvgIpc) is 3.00. The summed E-state index contributed by atoms with van der Waals surface area (Å²) in [5, 5.41) is 33.1. The first-order chi connectivity index (χ1) is 23.3. The van der Waals surface area contributed by atoms with Gasteiger partial charge in [0, 0.05) is 0 Å². The number of rotatable bonds is 26. The zero-order valence-corrected chi connectivity index (χ0v) is 31.1. The quantitative estimate of drug-likeness (QED) is 0.0515. The molecule has 0 saturated carbocycles. The Hall–Kier alpha value is -3.34. The summed E-state index contributed by atoms with van der Waals surface area (Å²) >= 11 is 0. The van der Waals surface area contributed by atoms with Crippen molar-refractivity contribution in [1.82, 2.24) is 26.6 Å². The standard InChI is InChI=1S/C34H66N8O8/c1-19(2)16-23(37)29(44)38-25(13-9-11-15-36)31(46)42-28(22(7)43)33(48)39-24(12-8-10-14-35)30(45)40-26(17-20(3)4)32(47)41-27(34(49)50)18-21(5)6/h19-28,43H,8-18,35-37H2,1-7H3,(H,38,44)(H,39,48)(H,40,45)(H,41,47)(H,42,46)(H,49,50)/t22-,23+,24+,25+,26+,27+,28+/m1/s1. The lowest BCUT2D eigenvalue weighted by atomic mass is 9.99. The van der Waals surface area contributed by atoms with Gasteiger partial charge in [-0.3, -0.25) is 24.0 Å². The highest BCUT2D eigenvalue weighted by molar-refractivity contribution is 5.96. The van der Waals surface area contributed by atoms with Crippen LogP contribution in [-0.2, 0) is 28.8 Å². The van der Waals surface area contributed by atoms with Crippen LogP contribution >= 0.6 is 0 Å². The highest BCUT2D eigenvalue weighted by Gasteiger charge is 2.34. The number of carboxylic acids is 1. The predicted molar refractivity (Wildman–Crippen MR) is 191 cm³/mol. The van der Waals surface area contributed by atoms with Gasteiger partial charge in [0.2, 0.25) is 29.5 Å². The first-order valence-electron chi connectivity index (χ1n) is 17.9. The van der Waals surface area contributed by atoms with E-state index in [2.05, 4.69) is 26.6 Å². The van der Waals surface area contributed by atoms with Crippen molar-refractivity contribution in [2.75, 3.05) is 13.1 Å². The Kier molecular flexibility index (Phi) is 23.1. The maximum atomic E-state index is 13.6. The lowest BCUT2D eigenvalue weighted by molar-refractivity contribution is -0.143. The molecule has 0 aliphatic rings. The molecular weight excluding hydrogens is 648 g/mol. The zero-order chi connectivity index (χ0) is 38.6. The van der Waals surface area contributed by atoms with E-state index in [9.17, 15) is 39.0 Å². The molecule has 0 aliphatic heterocycles. The molecule has 5 amide bonds. The van der Waals surface area contributed by atoms with Crippen LogP contribution in [0.4, 0.5) is 0 Å². The number of unbranched alkanes of at least 4 members (excludes halogenated alkanes) is 2. The number of nitrogens with one attached hydrogen (secondary N) is 5. The SMILES string of the molecule is CC(C)C[C@H](NC(=O)[C@H](CC(C)C)NC(=O)[C@H](CCCCN)NC(=O)[C@@H](NC(=O)[C@H](CCCCN)NC(=O)[C@@H](N)CC(C)C)[C@@H](C)O)C(=O)O. The second-order valence-electron chi connectivity index (χ2n) is 14.4. The molecule has 0 rings (SSSR count). The monoisotopic (exact) mass is 715 g/mol. The second kappa shape index (κ2) is 24.7. The molecule has 0 bridgehead atoms. The molecule has 50 heavy (non-hydrogen) atoms. The molecule has 290 valence electrons. The first-order valence-corrected chi connectivity index (χ1v) is 17.9. The molecule has 0 aliphatic carbocycles. The molecule has 0 fully saturated rings. The largest absolute Gasteiger partial charge is 0.480 e. The van der Waals surface area contributed by atoms with Crippen molar-refractivity contribution in [2.24, 2.45) is 35.0 Å². The molecule has 13 N–H and O–H groups in total. The van der Waals surface area contributed by atoms with E-state index in [1.165, 1.54) is 6.92 Å². The summed E-state index contributed by atoms with van der Waals surface area (Å²) in [4.78, 5) is 78.4. The van der Waals surface area contributed by atoms with Crippen LogP contribution in [0, 0.1) is 17.8 Å². The summed E-state index contributed by atoms with van der Waals surface area (Å²) < 4.78 is 0. The first kappa shape index (κ1) is 46.7. The van der Waals surface area contributed by atoms with Crippen molar-refractivity contribution < 1.29 is 39.0 Å². The van der Waals surface area contributed by atoms with Gasteiger partial charge >= 0.3 is 5.97 Å². The van der Waals surface area contributed by atoms with Crippen LogP contribution < -0.4 is 43.8 Å². The van der Waals surface area contributed by atoms with Gasteiger partial charge in [-0.05, 0) is 95.6 Å². The summed E-state index contributed by atoms with van der Waals surface area (Å²) in [7, 11) is 0. The number of carboxylic acid groups (broad SMARTS) is 1. The Labute approximate surface area is 297 Å². The Morgan fingerprint density at radius 3 is 1.32 bits per heavy atom. The minimum atomic E-state index is -1.51. The van der Waals surface area contributed by atoms with E-state index in [0.717, 1.165) is 0 Å². The second-order valence-corrected chi connectivity index (χ2v) is 14.4. The summed E-state index contributed by atoms with van der Waals surface area (Å²) in [6, 6.07) is -6.86. The lowest BCUT2D eigenvalue weighted by Crippen LogP contribution is -2.61. The van der Waals surface area contributed by atoms with E-state index in [4.69, 9.17) is 17.2 Å². The van der Waals surface area contributed by atoms with E-state index < -0.39 is 77.9 Å². The fraction of sp³-hybridized carbons (Fsp3) is 0.824. The van der Waals surface area contributed by atoms with Crippen LogP contribution in [0.15, 0.2) is 0 Å². The molecule has 0 heterocycles. The lowest BCUT2D eigenvalue weighted by Gasteiger charge is -2.28. The van der Waals surface area contributed by atoms with Crippen LogP contribution in [0.3, 0.4) is 0 Å². The van der Waals surface area contributed by atoms with Gasteiger partial charge in [-0.1, -0.05) is 41.5 Å². The van der Waals surface area contributed by atoms with Crippen molar-refractivity contribution >= 4 is 35.5 Å². The van der Waals surface area contributed by atoms with Crippen LogP contribution in [0.5, 0.6) is 0 Å². The topological polar surface area (TPSA) is 281 Å². The molecule has 0 spiro atoms. The number of hydrogen-bond donors (Lipinski definition) is 10. The minimum Gasteiger partial charge on any atom is -0.480 e. The van der Waals surface area contributed by atoms with Gasteiger partial charge in [-0.25, -0.2) is 4.79 Å². The number of aliphatic hydroxyl groups is 1. The van der Waals surface area contributed by atoms with Crippen molar-refractivity contribution in [1.29, 1.82) is 0 Å². The van der Waals surface area contributed by atoms with Crippen LogP contribution in [0.2, 0.25) is 0 Å². The third-order valence-electron chi connectivity index (χ3n) is 7.95. The van der Waals surface area contributed by atoms with E-state index in [1.54, 1.807) is 0 Å². The smallest absolute Gasteiger partial charge is 0.326 e. The van der Waals surface area contributed by atoms with Crippen LogP contribution in [0.1, 0.15) is 106 Å². The van der Waals surface area contributed by atoms with E-state index in [1.807, 2.05) is 41.5 Å². The fourth-order valence-electron chi connectivity index (χ4n) is 5.28. The third kappa shape index (κ3) is 19.2. The number of aliphatic hydroxyl groups excluding tert-OH is 1. The summed E-state index contributed by atoms with van der Waals surface area (Å²) in [5.74, 6) is -4.61. The van der Waals surface area contributed by atoms with E-state index >= 15 is 0 Å². The minimum absolute atomic E-state index is 0.0148. The number of carbonyl (C=O) groups is 6. The number of aliphatic carboxylic acids is 1. The fourth-order valence-corrected chi connectivity index (χ4v) is 5.28. The molecular formula is C34H66N8O8. The van der Waals surface area contributed by atoms with Gasteiger partial charge in [0.05, 0.1) is 12.1 Å². The summed E-state index contributed by atoms with van der Waals surface area (Å²) in [6.07, 6.45) is 1.77. The number of amides is 5. The molecule has 0 aromatic carbocycles. The third-order valence-corrected chi connectivity index (χ3v) is 7.95. The average molecular weight is 715 g/mol. The molecule has 16 nitrogen and oxygen atoms in total. The predicted octanol–water partition coefficient (Wildman–Crippen LogP) is -0.401. The summed E-state index contributed by atoms with van der Waals surface area (Å²) in [5.41, 5.74) is 17.3. The Morgan fingerprint density at radius 1 is 0.520 bits per heavy atom. The van der Waals surface area contributed by atoms with Gasteiger partial charge in [0.1, 0.15) is 30.2 Å². The Bertz CT molecular complexity index is 1070. The van der Waals surface area contributed by atoms with Gasteiger partial charge in [-0.2, -0.15) is 0 Å². The molecule has 0 unspecified atom stereocenters. The van der Waals surface area contributed by atoms with Gasteiger partial charge in [0.15, 0.2) is 0 Å². The highest BCUT2D eigenvalue weighted by Crippen LogP contribution is 2.11. The van der Waals surface area contributed by atoms with E-state index in [0.29, 0.717) is 45.2 Å².